The summed E-state index contributed by atoms with van der Waals surface area (Å²) in [6.07, 6.45) is 16.8. The molecule has 1 aliphatic rings. The monoisotopic (exact) mass is 385 g/mol. The summed E-state index contributed by atoms with van der Waals surface area (Å²) in [6, 6.07) is 4.25. The Balaban J connectivity index is 3.03. The fourth-order valence-electron chi connectivity index (χ4n) is 3.45. The summed E-state index contributed by atoms with van der Waals surface area (Å²) in [4.78, 5) is 0. The maximum absolute atomic E-state index is 9.86. The van der Waals surface area contributed by atoms with Crippen LogP contribution in [0.1, 0.15) is 79.1 Å². The van der Waals surface area contributed by atoms with Gasteiger partial charge in [0.2, 0.25) is 11.2 Å². The molecule has 155 valence electrons. The van der Waals surface area contributed by atoms with Gasteiger partial charge < -0.3 is 9.47 Å². The summed E-state index contributed by atoms with van der Waals surface area (Å²) in [5.41, 5.74) is -1.59. The van der Waals surface area contributed by atoms with Gasteiger partial charge in [0.25, 0.3) is 0 Å². The summed E-state index contributed by atoms with van der Waals surface area (Å²) < 4.78 is 12.6. The number of allylic oxidation sites excluding steroid dienone is 2. The quantitative estimate of drug-likeness (QED) is 0.338. The number of rotatable bonds is 14. The Morgan fingerprint density at radius 2 is 1.39 bits per heavy atom. The summed E-state index contributed by atoms with van der Waals surface area (Å²) in [6.45, 7) is 9.61. The second-order valence-corrected chi connectivity index (χ2v) is 7.77. The van der Waals surface area contributed by atoms with Crippen molar-refractivity contribution in [3.63, 3.8) is 0 Å². The van der Waals surface area contributed by atoms with E-state index >= 15 is 0 Å². The van der Waals surface area contributed by atoms with Crippen molar-refractivity contribution in [1.29, 1.82) is 10.5 Å². The molecule has 2 atom stereocenters. The Bertz CT molecular complexity index is 548. The summed E-state index contributed by atoms with van der Waals surface area (Å²) >= 11 is 0. The Kier molecular flexibility index (Phi) is 11.1. The standard InChI is InChI=1S/C24H37N2O2/c1-5-9-13-21(7-3)17-27-24(28-18-22(8-4)14-10-6-2)16-12-11-15-23(24,19-25)20-26/h11-12,16,21-22H,5-10,13-14,17-18H2,1-4H3. The number of unbranched alkanes of at least 4 members (excludes halogenated alkanes) is 2. The first-order chi connectivity index (χ1) is 13.6. The van der Waals surface area contributed by atoms with E-state index in [0.717, 1.165) is 51.4 Å². The largest absolute Gasteiger partial charge is 0.344 e. The fraction of sp³-hybridized carbons (Fsp3) is 0.750. The van der Waals surface area contributed by atoms with Crippen LogP contribution in [-0.2, 0) is 9.47 Å². The highest BCUT2D eigenvalue weighted by molar-refractivity contribution is 5.35. The van der Waals surface area contributed by atoms with Gasteiger partial charge in [0.05, 0.1) is 25.4 Å². The average Bonchev–Trinajstić information content (AvgIpc) is 2.74. The van der Waals surface area contributed by atoms with E-state index < -0.39 is 11.2 Å². The van der Waals surface area contributed by atoms with E-state index in [0.29, 0.717) is 25.0 Å². The average molecular weight is 386 g/mol. The molecule has 0 aliphatic heterocycles. The van der Waals surface area contributed by atoms with Gasteiger partial charge in [0, 0.05) is 0 Å². The van der Waals surface area contributed by atoms with E-state index in [1.165, 1.54) is 0 Å². The zero-order valence-corrected chi connectivity index (χ0v) is 18.2. The van der Waals surface area contributed by atoms with Gasteiger partial charge in [-0.05, 0) is 36.8 Å². The number of nitriles is 2. The minimum absolute atomic E-state index is 0.386. The molecule has 2 unspecified atom stereocenters. The van der Waals surface area contributed by atoms with E-state index in [9.17, 15) is 10.5 Å². The first kappa shape index (κ1) is 24.4. The molecule has 0 saturated heterocycles. The van der Waals surface area contributed by atoms with Crippen LogP contribution >= 0.6 is 0 Å². The van der Waals surface area contributed by atoms with Crippen molar-refractivity contribution in [2.24, 2.45) is 17.3 Å². The summed E-state index contributed by atoms with van der Waals surface area (Å²) in [7, 11) is 0. The molecule has 4 heteroatoms. The molecule has 0 heterocycles. The predicted octanol–water partition coefficient (Wildman–Crippen LogP) is 6.11. The molecule has 0 N–H and O–H groups in total. The number of ether oxygens (including phenoxy) is 2. The number of hydrogen-bond donors (Lipinski definition) is 0. The van der Waals surface area contributed by atoms with Crippen LogP contribution in [0.4, 0.5) is 0 Å². The van der Waals surface area contributed by atoms with E-state index in [2.05, 4.69) is 45.9 Å². The van der Waals surface area contributed by atoms with Gasteiger partial charge in [-0.2, -0.15) is 10.5 Å². The molecule has 0 aromatic carbocycles. The molecule has 0 saturated carbocycles. The molecule has 4 nitrogen and oxygen atoms in total. The summed E-state index contributed by atoms with van der Waals surface area (Å²) in [5, 5.41) is 19.7. The second kappa shape index (κ2) is 12.8. The van der Waals surface area contributed by atoms with Crippen LogP contribution in [0.15, 0.2) is 18.2 Å². The van der Waals surface area contributed by atoms with Crippen LogP contribution in [-0.4, -0.2) is 19.0 Å². The Morgan fingerprint density at radius 1 is 0.893 bits per heavy atom. The Labute approximate surface area is 172 Å². The Morgan fingerprint density at radius 3 is 1.79 bits per heavy atom. The number of hydrogen-bond acceptors (Lipinski definition) is 4. The first-order valence-electron chi connectivity index (χ1n) is 11.0. The van der Waals surface area contributed by atoms with Crippen LogP contribution in [0.25, 0.3) is 0 Å². The van der Waals surface area contributed by atoms with Crippen molar-refractivity contribution in [3.8, 4) is 12.1 Å². The highest BCUT2D eigenvalue weighted by Crippen LogP contribution is 2.41. The third-order valence-electron chi connectivity index (χ3n) is 5.72. The molecule has 0 fully saturated rings. The molecule has 1 rings (SSSR count). The van der Waals surface area contributed by atoms with Crippen molar-refractivity contribution in [3.05, 3.63) is 24.3 Å². The molecular weight excluding hydrogens is 348 g/mol. The zero-order valence-electron chi connectivity index (χ0n) is 18.2. The van der Waals surface area contributed by atoms with Crippen LogP contribution < -0.4 is 0 Å². The van der Waals surface area contributed by atoms with Crippen molar-refractivity contribution < 1.29 is 9.47 Å². The lowest BCUT2D eigenvalue weighted by Gasteiger charge is -2.40. The minimum atomic E-state index is -1.59. The van der Waals surface area contributed by atoms with Gasteiger partial charge in [-0.3, -0.25) is 0 Å². The van der Waals surface area contributed by atoms with Crippen molar-refractivity contribution in [2.45, 2.75) is 84.8 Å². The van der Waals surface area contributed by atoms with Gasteiger partial charge in [-0.15, -0.1) is 0 Å². The van der Waals surface area contributed by atoms with Crippen LogP contribution in [0.5, 0.6) is 0 Å². The second-order valence-electron chi connectivity index (χ2n) is 7.77. The molecule has 0 bridgehead atoms. The van der Waals surface area contributed by atoms with Crippen LogP contribution in [0.2, 0.25) is 0 Å². The zero-order chi connectivity index (χ0) is 20.9. The van der Waals surface area contributed by atoms with E-state index in [4.69, 9.17) is 9.47 Å². The molecular formula is C24H37N2O2. The molecule has 0 amide bonds. The maximum Gasteiger partial charge on any atom is 0.226 e. The van der Waals surface area contributed by atoms with E-state index in [1.807, 2.05) is 0 Å². The van der Waals surface area contributed by atoms with Gasteiger partial charge in [0.1, 0.15) is 0 Å². The lowest BCUT2D eigenvalue weighted by Crippen LogP contribution is -2.51. The topological polar surface area (TPSA) is 66.0 Å². The number of nitrogens with zero attached hydrogens (tertiary/aromatic N) is 2. The maximum atomic E-state index is 9.86. The third kappa shape index (κ3) is 6.20. The first-order valence-corrected chi connectivity index (χ1v) is 11.0. The summed E-state index contributed by atoms with van der Waals surface area (Å²) in [5.74, 6) is -0.626. The lowest BCUT2D eigenvalue weighted by atomic mass is 9.78. The highest BCUT2D eigenvalue weighted by atomic mass is 16.7. The minimum Gasteiger partial charge on any atom is -0.344 e. The van der Waals surface area contributed by atoms with Crippen molar-refractivity contribution in [1.82, 2.24) is 0 Å². The molecule has 0 aromatic heterocycles. The smallest absolute Gasteiger partial charge is 0.226 e. The van der Waals surface area contributed by atoms with Crippen molar-refractivity contribution >= 4 is 0 Å². The van der Waals surface area contributed by atoms with Gasteiger partial charge in [0.15, 0.2) is 0 Å². The molecule has 0 aromatic rings. The highest BCUT2D eigenvalue weighted by Gasteiger charge is 2.54. The van der Waals surface area contributed by atoms with Gasteiger partial charge in [-0.1, -0.05) is 78.4 Å². The fourth-order valence-corrected chi connectivity index (χ4v) is 3.45. The Hall–Kier alpha value is -1.62. The molecule has 28 heavy (non-hydrogen) atoms. The predicted molar refractivity (Wildman–Crippen MR) is 112 cm³/mol. The van der Waals surface area contributed by atoms with Gasteiger partial charge in [-0.25, -0.2) is 0 Å². The molecule has 0 spiro atoms. The molecule has 1 radical (unpaired) electrons. The van der Waals surface area contributed by atoms with Crippen LogP contribution in [0, 0.1) is 46.0 Å². The van der Waals surface area contributed by atoms with Crippen molar-refractivity contribution in [2.75, 3.05) is 13.2 Å². The molecule has 1 aliphatic carbocycles. The van der Waals surface area contributed by atoms with E-state index in [1.54, 1.807) is 18.2 Å². The SMILES string of the molecule is CCCCC(CC)COC1(OCC(CC)CCCC)C=CC=[C]C1(C#N)C#N. The normalized spacial score (nSPS) is 22.4. The van der Waals surface area contributed by atoms with Gasteiger partial charge >= 0.3 is 0 Å². The third-order valence-corrected chi connectivity index (χ3v) is 5.72. The lowest BCUT2D eigenvalue weighted by molar-refractivity contribution is -0.245. The van der Waals surface area contributed by atoms with Crippen LogP contribution in [0.3, 0.4) is 0 Å². The van der Waals surface area contributed by atoms with E-state index in [-0.39, 0.29) is 0 Å².